The first-order chi connectivity index (χ1) is 9.93. The molecule has 2 fully saturated rings. The molecule has 4 heteroatoms. The van der Waals surface area contributed by atoms with Crippen LogP contribution in [-0.4, -0.2) is 45.4 Å². The third kappa shape index (κ3) is 3.44. The van der Waals surface area contributed by atoms with Crippen molar-refractivity contribution in [1.82, 2.24) is 5.32 Å². The minimum absolute atomic E-state index is 0.590. The summed E-state index contributed by atoms with van der Waals surface area (Å²) in [5.74, 6) is 0. The minimum atomic E-state index is 0.590. The minimum Gasteiger partial charge on any atom is -0.381 e. The zero-order valence-corrected chi connectivity index (χ0v) is 12.1. The molecule has 0 saturated carbocycles. The zero-order chi connectivity index (χ0) is 13.6. The monoisotopic (exact) mass is 275 g/mol. The third-order valence-electron chi connectivity index (χ3n) is 4.19. The first kappa shape index (κ1) is 13.7. The number of anilines is 2. The molecule has 0 amide bonds. The Hall–Kier alpha value is -1.26. The van der Waals surface area contributed by atoms with Crippen molar-refractivity contribution >= 4 is 11.4 Å². The molecule has 2 aliphatic rings. The molecular formula is C16H25N3O. The Morgan fingerprint density at radius 3 is 2.85 bits per heavy atom. The molecular weight excluding hydrogens is 250 g/mol. The molecule has 4 nitrogen and oxygen atoms in total. The van der Waals surface area contributed by atoms with Crippen LogP contribution in [0.5, 0.6) is 0 Å². The van der Waals surface area contributed by atoms with Crippen LogP contribution in [0.3, 0.4) is 0 Å². The molecule has 0 aliphatic carbocycles. The van der Waals surface area contributed by atoms with E-state index in [1.165, 1.54) is 30.6 Å². The number of morpholine rings is 1. The van der Waals surface area contributed by atoms with Crippen LogP contribution in [0.4, 0.5) is 11.4 Å². The normalized spacial score (nSPS) is 24.2. The fourth-order valence-electron chi connectivity index (χ4n) is 3.06. The number of nitrogens with one attached hydrogen (secondary N) is 2. The van der Waals surface area contributed by atoms with E-state index in [2.05, 4.69) is 39.8 Å². The zero-order valence-electron chi connectivity index (χ0n) is 12.1. The highest BCUT2D eigenvalue weighted by atomic mass is 16.5. The number of para-hydroxylation sites is 2. The summed E-state index contributed by atoms with van der Waals surface area (Å²) in [5, 5.41) is 7.24. The van der Waals surface area contributed by atoms with E-state index in [4.69, 9.17) is 4.74 Å². The summed E-state index contributed by atoms with van der Waals surface area (Å²) >= 11 is 0. The Labute approximate surface area is 121 Å². The number of benzene rings is 1. The Morgan fingerprint density at radius 1 is 1.10 bits per heavy atom. The molecule has 110 valence electrons. The summed E-state index contributed by atoms with van der Waals surface area (Å²) in [6, 6.07) is 9.28. The Bertz CT molecular complexity index is 410. The van der Waals surface area contributed by atoms with Gasteiger partial charge in [-0.15, -0.1) is 0 Å². The van der Waals surface area contributed by atoms with Crippen LogP contribution in [0.15, 0.2) is 24.3 Å². The van der Waals surface area contributed by atoms with E-state index in [1.54, 1.807) is 0 Å². The second-order valence-corrected chi connectivity index (χ2v) is 5.64. The molecule has 2 aliphatic heterocycles. The van der Waals surface area contributed by atoms with Gasteiger partial charge in [-0.3, -0.25) is 0 Å². The van der Waals surface area contributed by atoms with E-state index in [0.29, 0.717) is 6.04 Å². The van der Waals surface area contributed by atoms with Gasteiger partial charge in [0.2, 0.25) is 0 Å². The lowest BCUT2D eigenvalue weighted by Gasteiger charge is -2.31. The predicted molar refractivity (Wildman–Crippen MR) is 83.6 cm³/mol. The molecule has 0 aromatic heterocycles. The van der Waals surface area contributed by atoms with Crippen molar-refractivity contribution in [2.45, 2.75) is 25.3 Å². The largest absolute Gasteiger partial charge is 0.381 e. The number of nitrogens with zero attached hydrogens (tertiary/aromatic N) is 1. The second kappa shape index (κ2) is 6.95. The Morgan fingerprint density at radius 2 is 1.95 bits per heavy atom. The highest BCUT2D eigenvalue weighted by Gasteiger charge is 2.17. The van der Waals surface area contributed by atoms with E-state index in [-0.39, 0.29) is 0 Å². The maximum atomic E-state index is 5.46. The molecule has 0 bridgehead atoms. The first-order valence-electron chi connectivity index (χ1n) is 7.82. The summed E-state index contributed by atoms with van der Waals surface area (Å²) < 4.78 is 5.46. The van der Waals surface area contributed by atoms with Gasteiger partial charge in [-0.05, 0) is 44.5 Å². The maximum absolute atomic E-state index is 5.46. The molecule has 0 radical (unpaired) electrons. The van der Waals surface area contributed by atoms with Gasteiger partial charge in [0.15, 0.2) is 0 Å². The van der Waals surface area contributed by atoms with Crippen molar-refractivity contribution in [3.63, 3.8) is 0 Å². The van der Waals surface area contributed by atoms with E-state index in [0.717, 1.165) is 39.4 Å². The first-order valence-corrected chi connectivity index (χ1v) is 7.82. The van der Waals surface area contributed by atoms with Crippen molar-refractivity contribution in [3.8, 4) is 0 Å². The topological polar surface area (TPSA) is 36.5 Å². The standard InChI is InChI=1S/C16H25N3O/c1-2-6-16(19-10-12-20-13-11-19)15(5-1)18-14-4-3-8-17-9-7-14/h1-2,5-6,14,17-18H,3-4,7-13H2. The van der Waals surface area contributed by atoms with Crippen LogP contribution < -0.4 is 15.5 Å². The fraction of sp³-hybridized carbons (Fsp3) is 0.625. The lowest BCUT2D eigenvalue weighted by Crippen LogP contribution is -2.37. The molecule has 1 aromatic rings. The maximum Gasteiger partial charge on any atom is 0.0642 e. The van der Waals surface area contributed by atoms with Crippen LogP contribution in [0.25, 0.3) is 0 Å². The highest BCUT2D eigenvalue weighted by molar-refractivity contribution is 5.70. The van der Waals surface area contributed by atoms with E-state index in [1.807, 2.05) is 0 Å². The number of ether oxygens (including phenoxy) is 1. The average molecular weight is 275 g/mol. The molecule has 2 saturated heterocycles. The lowest BCUT2D eigenvalue weighted by atomic mass is 10.1. The second-order valence-electron chi connectivity index (χ2n) is 5.64. The summed E-state index contributed by atoms with van der Waals surface area (Å²) in [6.45, 7) is 5.93. The SMILES string of the molecule is c1ccc(N2CCOCC2)c(NC2CCCNCC2)c1. The van der Waals surface area contributed by atoms with E-state index >= 15 is 0 Å². The molecule has 20 heavy (non-hydrogen) atoms. The molecule has 2 N–H and O–H groups in total. The van der Waals surface area contributed by atoms with Gasteiger partial charge in [0.1, 0.15) is 0 Å². The van der Waals surface area contributed by atoms with Crippen molar-refractivity contribution in [2.24, 2.45) is 0 Å². The van der Waals surface area contributed by atoms with E-state index < -0.39 is 0 Å². The number of hydrogen-bond acceptors (Lipinski definition) is 4. The van der Waals surface area contributed by atoms with Gasteiger partial charge in [0.25, 0.3) is 0 Å². The molecule has 1 aromatic carbocycles. The number of hydrogen-bond donors (Lipinski definition) is 2. The average Bonchev–Trinajstić information content (AvgIpc) is 2.77. The summed E-state index contributed by atoms with van der Waals surface area (Å²) in [7, 11) is 0. The molecule has 1 atom stereocenters. The van der Waals surface area contributed by atoms with Gasteiger partial charge in [0, 0.05) is 19.1 Å². The molecule has 1 unspecified atom stereocenters. The summed E-state index contributed by atoms with van der Waals surface area (Å²) in [6.07, 6.45) is 3.72. The van der Waals surface area contributed by atoms with Crippen LogP contribution in [0, 0.1) is 0 Å². The van der Waals surface area contributed by atoms with Crippen LogP contribution in [-0.2, 0) is 4.74 Å². The lowest BCUT2D eigenvalue weighted by molar-refractivity contribution is 0.123. The van der Waals surface area contributed by atoms with Gasteiger partial charge in [-0.2, -0.15) is 0 Å². The Kier molecular flexibility index (Phi) is 4.77. The van der Waals surface area contributed by atoms with Gasteiger partial charge < -0.3 is 20.3 Å². The molecule has 2 heterocycles. The van der Waals surface area contributed by atoms with Crippen LogP contribution >= 0.6 is 0 Å². The third-order valence-corrected chi connectivity index (χ3v) is 4.19. The predicted octanol–water partition coefficient (Wildman–Crippen LogP) is 2.08. The van der Waals surface area contributed by atoms with Gasteiger partial charge >= 0.3 is 0 Å². The van der Waals surface area contributed by atoms with Gasteiger partial charge in [-0.25, -0.2) is 0 Å². The van der Waals surface area contributed by atoms with Crippen molar-refractivity contribution in [2.75, 3.05) is 49.6 Å². The summed E-state index contributed by atoms with van der Waals surface area (Å²) in [5.41, 5.74) is 2.61. The van der Waals surface area contributed by atoms with Gasteiger partial charge in [0.05, 0.1) is 24.6 Å². The molecule has 3 rings (SSSR count). The van der Waals surface area contributed by atoms with Crippen molar-refractivity contribution < 1.29 is 4.74 Å². The quantitative estimate of drug-likeness (QED) is 0.885. The van der Waals surface area contributed by atoms with Gasteiger partial charge in [-0.1, -0.05) is 12.1 Å². The molecule has 0 spiro atoms. The highest BCUT2D eigenvalue weighted by Crippen LogP contribution is 2.28. The van der Waals surface area contributed by atoms with Crippen molar-refractivity contribution in [1.29, 1.82) is 0 Å². The van der Waals surface area contributed by atoms with E-state index in [9.17, 15) is 0 Å². The van der Waals surface area contributed by atoms with Crippen LogP contribution in [0.1, 0.15) is 19.3 Å². The smallest absolute Gasteiger partial charge is 0.0642 e. The summed E-state index contributed by atoms with van der Waals surface area (Å²) in [4.78, 5) is 2.43. The Balaban J connectivity index is 1.71. The van der Waals surface area contributed by atoms with Crippen LogP contribution in [0.2, 0.25) is 0 Å². The number of rotatable bonds is 3. The fourth-order valence-corrected chi connectivity index (χ4v) is 3.06. The van der Waals surface area contributed by atoms with Crippen molar-refractivity contribution in [3.05, 3.63) is 24.3 Å².